The molecule has 0 aliphatic rings. The largest absolute Gasteiger partial charge is 0.493 e. The molecule has 7 heteroatoms. The van der Waals surface area contributed by atoms with Crippen LogP contribution in [0.1, 0.15) is 78.7 Å². The molecule has 7 nitrogen and oxygen atoms in total. The van der Waals surface area contributed by atoms with Crippen molar-refractivity contribution in [3.05, 3.63) is 23.8 Å². The highest BCUT2D eigenvalue weighted by molar-refractivity contribution is 5.89. The van der Waals surface area contributed by atoms with Crippen molar-refractivity contribution in [1.29, 1.82) is 0 Å². The van der Waals surface area contributed by atoms with Gasteiger partial charge in [-0.1, -0.05) is 59.9 Å². The van der Waals surface area contributed by atoms with E-state index in [2.05, 4.69) is 45.3 Å². The molecule has 0 bridgehead atoms. The molecule has 36 heavy (non-hydrogen) atoms. The molecule has 0 saturated carbocycles. The number of benzene rings is 1. The average molecular weight is 507 g/mol. The van der Waals surface area contributed by atoms with Gasteiger partial charge in [0.2, 0.25) is 11.8 Å². The topological polar surface area (TPSA) is 85.9 Å². The molecular weight excluding hydrogens is 456 g/mol. The van der Waals surface area contributed by atoms with Crippen LogP contribution >= 0.6 is 0 Å². The molecule has 0 aliphatic heterocycles. The van der Waals surface area contributed by atoms with E-state index in [0.717, 1.165) is 37.7 Å². The second kappa shape index (κ2) is 16.5. The number of ether oxygens (including phenoxy) is 3. The van der Waals surface area contributed by atoms with Crippen LogP contribution in [0.15, 0.2) is 18.2 Å². The predicted octanol–water partition coefficient (Wildman–Crippen LogP) is 5.11. The maximum Gasteiger partial charge on any atom is 0.231 e. The van der Waals surface area contributed by atoms with Gasteiger partial charge in [-0.25, -0.2) is 0 Å². The van der Waals surface area contributed by atoms with Gasteiger partial charge in [-0.15, -0.1) is 0 Å². The van der Waals surface area contributed by atoms with Gasteiger partial charge in [0.1, 0.15) is 0 Å². The second-order valence-electron chi connectivity index (χ2n) is 10.1. The standard InChI is InChI=1S/C29H50N2O5/c1-9-10-11-13-24(21(2)3)29(22(4)5,28(33)31-17-16-27(32)30-6)23-14-15-25(35-8)26(20-23)36-19-12-18-34-7/h14-15,20-22,24H,9-13,16-19H2,1-8H3,(H,30,32)(H,31,33)/t24?,29-/m1/s1. The van der Waals surface area contributed by atoms with Gasteiger partial charge in [-0.2, -0.15) is 0 Å². The van der Waals surface area contributed by atoms with E-state index in [1.165, 1.54) is 0 Å². The fourth-order valence-corrected chi connectivity index (χ4v) is 5.23. The lowest BCUT2D eigenvalue weighted by molar-refractivity contribution is -0.132. The van der Waals surface area contributed by atoms with Crippen LogP contribution in [0.4, 0.5) is 0 Å². The molecule has 0 heterocycles. The van der Waals surface area contributed by atoms with E-state index < -0.39 is 5.41 Å². The highest BCUT2D eigenvalue weighted by atomic mass is 16.5. The summed E-state index contributed by atoms with van der Waals surface area (Å²) in [5.41, 5.74) is 0.134. The SMILES string of the molecule is CCCCCC(C(C)C)[C@](C(=O)NCCC(=O)NC)(c1ccc(OC)c(OCCCOC)c1)C(C)C. The van der Waals surface area contributed by atoms with E-state index >= 15 is 0 Å². The fourth-order valence-electron chi connectivity index (χ4n) is 5.23. The summed E-state index contributed by atoms with van der Waals surface area (Å²) in [6.45, 7) is 12.2. The zero-order chi connectivity index (χ0) is 27.1. The molecule has 0 aromatic heterocycles. The van der Waals surface area contributed by atoms with E-state index in [1.807, 2.05) is 18.2 Å². The van der Waals surface area contributed by atoms with Gasteiger partial charge in [-0.3, -0.25) is 9.59 Å². The molecule has 1 aromatic carbocycles. The zero-order valence-corrected chi connectivity index (χ0v) is 23.9. The van der Waals surface area contributed by atoms with Crippen molar-refractivity contribution >= 4 is 11.8 Å². The summed E-state index contributed by atoms with van der Waals surface area (Å²) in [4.78, 5) is 26.0. The lowest BCUT2D eigenvalue weighted by Gasteiger charge is -2.45. The third kappa shape index (κ3) is 8.39. The highest BCUT2D eigenvalue weighted by Crippen LogP contribution is 2.47. The highest BCUT2D eigenvalue weighted by Gasteiger charge is 2.50. The number of methoxy groups -OCH3 is 2. The van der Waals surface area contributed by atoms with Crippen LogP contribution in [0.25, 0.3) is 0 Å². The summed E-state index contributed by atoms with van der Waals surface area (Å²) in [5.74, 6) is 1.55. The smallest absolute Gasteiger partial charge is 0.231 e. The Morgan fingerprint density at radius 2 is 1.72 bits per heavy atom. The number of unbranched alkanes of at least 4 members (excludes halogenated alkanes) is 2. The number of hydrogen-bond acceptors (Lipinski definition) is 5. The number of carbonyl (C=O) groups excluding carboxylic acids is 2. The van der Waals surface area contributed by atoms with Crippen molar-refractivity contribution in [1.82, 2.24) is 10.6 Å². The van der Waals surface area contributed by atoms with Crippen molar-refractivity contribution in [2.45, 2.75) is 78.6 Å². The van der Waals surface area contributed by atoms with Crippen LogP contribution in [-0.4, -0.2) is 52.8 Å². The Morgan fingerprint density at radius 3 is 2.28 bits per heavy atom. The van der Waals surface area contributed by atoms with E-state index in [9.17, 15) is 9.59 Å². The molecule has 0 saturated heterocycles. The van der Waals surface area contributed by atoms with Crippen molar-refractivity contribution in [3.63, 3.8) is 0 Å². The summed E-state index contributed by atoms with van der Waals surface area (Å²) >= 11 is 0. The van der Waals surface area contributed by atoms with Crippen molar-refractivity contribution in [3.8, 4) is 11.5 Å². The summed E-state index contributed by atoms with van der Waals surface area (Å²) in [5, 5.41) is 5.74. The lowest BCUT2D eigenvalue weighted by atomic mass is 9.58. The molecule has 2 amide bonds. The van der Waals surface area contributed by atoms with Crippen molar-refractivity contribution in [2.75, 3.05) is 41.0 Å². The predicted molar refractivity (Wildman–Crippen MR) is 146 cm³/mol. The van der Waals surface area contributed by atoms with Crippen molar-refractivity contribution in [2.24, 2.45) is 17.8 Å². The Hall–Kier alpha value is -2.28. The molecule has 1 aromatic rings. The first-order chi connectivity index (χ1) is 17.2. The average Bonchev–Trinajstić information content (AvgIpc) is 2.85. The lowest BCUT2D eigenvalue weighted by Crippen LogP contribution is -2.55. The van der Waals surface area contributed by atoms with Crippen LogP contribution in [0, 0.1) is 17.8 Å². The van der Waals surface area contributed by atoms with Gasteiger partial charge in [-0.05, 0) is 41.9 Å². The van der Waals surface area contributed by atoms with Crippen molar-refractivity contribution < 1.29 is 23.8 Å². The Bertz CT molecular complexity index is 796. The Morgan fingerprint density at radius 1 is 1.00 bits per heavy atom. The number of amides is 2. The van der Waals surface area contributed by atoms with Gasteiger partial charge < -0.3 is 24.8 Å². The normalized spacial score (nSPS) is 13.8. The number of nitrogens with one attached hydrogen (secondary N) is 2. The number of hydrogen-bond donors (Lipinski definition) is 2. The first-order valence-electron chi connectivity index (χ1n) is 13.5. The van der Waals surface area contributed by atoms with E-state index in [1.54, 1.807) is 21.3 Å². The molecule has 1 unspecified atom stereocenters. The quantitative estimate of drug-likeness (QED) is 0.270. The minimum absolute atomic E-state index is 0.0151. The third-order valence-corrected chi connectivity index (χ3v) is 7.10. The van der Waals surface area contributed by atoms with Gasteiger partial charge in [0, 0.05) is 40.2 Å². The minimum Gasteiger partial charge on any atom is -0.493 e. The maximum atomic E-state index is 14.2. The third-order valence-electron chi connectivity index (χ3n) is 7.10. The molecule has 2 N–H and O–H groups in total. The molecular formula is C29H50N2O5. The van der Waals surface area contributed by atoms with Crippen LogP contribution in [0.5, 0.6) is 11.5 Å². The van der Waals surface area contributed by atoms with Crippen LogP contribution < -0.4 is 20.1 Å². The van der Waals surface area contributed by atoms with Gasteiger partial charge >= 0.3 is 0 Å². The Labute approximate surface area is 219 Å². The van der Waals surface area contributed by atoms with E-state index in [-0.39, 0.29) is 36.0 Å². The molecule has 206 valence electrons. The van der Waals surface area contributed by atoms with Crippen LogP contribution in [-0.2, 0) is 19.7 Å². The maximum absolute atomic E-state index is 14.2. The second-order valence-corrected chi connectivity index (χ2v) is 10.1. The minimum atomic E-state index is -0.790. The number of rotatable bonds is 18. The molecule has 0 radical (unpaired) electrons. The molecule has 2 atom stereocenters. The Kier molecular flexibility index (Phi) is 14.5. The first-order valence-corrected chi connectivity index (χ1v) is 13.5. The summed E-state index contributed by atoms with van der Waals surface area (Å²) in [6, 6.07) is 5.90. The van der Waals surface area contributed by atoms with Gasteiger partial charge in [0.25, 0.3) is 0 Å². The Balaban J connectivity index is 3.59. The molecule has 0 fully saturated rings. The van der Waals surface area contributed by atoms with E-state index in [0.29, 0.717) is 31.3 Å². The van der Waals surface area contributed by atoms with Crippen LogP contribution in [0.2, 0.25) is 0 Å². The summed E-state index contributed by atoms with van der Waals surface area (Å²) < 4.78 is 16.8. The van der Waals surface area contributed by atoms with Gasteiger partial charge in [0.05, 0.1) is 19.1 Å². The monoisotopic (exact) mass is 506 g/mol. The van der Waals surface area contributed by atoms with Crippen LogP contribution in [0.3, 0.4) is 0 Å². The molecule has 0 spiro atoms. The van der Waals surface area contributed by atoms with Gasteiger partial charge in [0.15, 0.2) is 11.5 Å². The summed E-state index contributed by atoms with van der Waals surface area (Å²) in [6.07, 6.45) is 5.27. The first kappa shape index (κ1) is 31.7. The molecule has 1 rings (SSSR count). The number of carbonyl (C=O) groups is 2. The van der Waals surface area contributed by atoms with E-state index in [4.69, 9.17) is 14.2 Å². The zero-order valence-electron chi connectivity index (χ0n) is 23.9. The fraction of sp³-hybridized carbons (Fsp3) is 0.724. The molecule has 0 aliphatic carbocycles. The summed E-state index contributed by atoms with van der Waals surface area (Å²) in [7, 11) is 4.90.